The van der Waals surface area contributed by atoms with Gasteiger partial charge in [-0.05, 0) is 24.3 Å². The predicted molar refractivity (Wildman–Crippen MR) is 128 cm³/mol. The summed E-state index contributed by atoms with van der Waals surface area (Å²) >= 11 is 0. The van der Waals surface area contributed by atoms with E-state index < -0.39 is 46.7 Å². The molecule has 0 bridgehead atoms. The predicted octanol–water partition coefficient (Wildman–Crippen LogP) is -4.71. The van der Waals surface area contributed by atoms with Crippen LogP contribution in [0.5, 0.6) is 0 Å². The maximum Gasteiger partial charge on any atom is 2.00 e. The van der Waals surface area contributed by atoms with Gasteiger partial charge in [-0.2, -0.15) is 0 Å². The summed E-state index contributed by atoms with van der Waals surface area (Å²) in [6.45, 7) is 0. The molecule has 0 unspecified atom stereocenters. The van der Waals surface area contributed by atoms with Crippen LogP contribution in [0.25, 0.3) is 22.8 Å². The molecule has 0 aliphatic rings. The minimum Gasteiger partial charge on any atom is -0.543 e. The number of carbonyl (C=O) groups is 4. The molecule has 4 aromatic rings. The van der Waals surface area contributed by atoms with Crippen molar-refractivity contribution in [3.8, 4) is 22.8 Å². The van der Waals surface area contributed by atoms with Crippen LogP contribution >= 0.6 is 0 Å². The SMILES string of the molecule is O.O.O.O=C(O)c1nc(-c2cccnc2)[nH]c1C(=O)[O-].O=C(O)c1nc(-c2cccnc2)[nH]c1C(=O)[O-].[OH3+].[Pb+2]. The Bertz CT molecular complexity index is 1210. The second-order valence-electron chi connectivity index (χ2n) is 6.29. The summed E-state index contributed by atoms with van der Waals surface area (Å²) in [6.07, 6.45) is 5.93. The molecule has 0 aliphatic carbocycles. The minimum atomic E-state index is -1.62. The average Bonchev–Trinajstić information content (AvgIpc) is 3.47. The number of aromatic amines is 2. The maximum absolute atomic E-state index is 10.8. The Kier molecular flexibility index (Phi) is 16.9. The fourth-order valence-electron chi connectivity index (χ4n) is 2.63. The van der Waals surface area contributed by atoms with E-state index in [4.69, 9.17) is 10.2 Å². The molecule has 0 spiro atoms. The molecule has 0 aliphatic heterocycles. The molecule has 0 atom stereocenters. The number of rotatable bonds is 6. The van der Waals surface area contributed by atoms with Crippen molar-refractivity contribution in [3.05, 3.63) is 71.8 Å². The van der Waals surface area contributed by atoms with Crippen molar-refractivity contribution in [2.24, 2.45) is 0 Å². The number of hydrogen-bond acceptors (Lipinski definition) is 10. The Balaban J connectivity index is -0.000000589. The van der Waals surface area contributed by atoms with Crippen molar-refractivity contribution in [1.29, 1.82) is 0 Å². The van der Waals surface area contributed by atoms with Crippen molar-refractivity contribution >= 4 is 51.2 Å². The molecular weight excluding hydrogens is 723 g/mol. The molecule has 4 aromatic heterocycles. The van der Waals surface area contributed by atoms with Gasteiger partial charge in [0, 0.05) is 35.9 Å². The molecule has 0 amide bonds. The number of aromatic carboxylic acids is 4. The zero-order valence-corrected chi connectivity index (χ0v) is 23.2. The number of pyridine rings is 2. The first-order chi connectivity index (χ1) is 16.2. The van der Waals surface area contributed by atoms with E-state index in [0.29, 0.717) is 11.1 Å². The second-order valence-corrected chi connectivity index (χ2v) is 6.29. The van der Waals surface area contributed by atoms with Gasteiger partial charge in [0.15, 0.2) is 11.4 Å². The number of hydrogen-bond donors (Lipinski definition) is 4. The van der Waals surface area contributed by atoms with Crippen LogP contribution in [0.4, 0.5) is 0 Å². The third-order valence-corrected chi connectivity index (χ3v) is 4.09. The first-order valence-electron chi connectivity index (χ1n) is 9.09. The first-order valence-corrected chi connectivity index (χ1v) is 9.09. The topological polar surface area (TPSA) is 365 Å². The van der Waals surface area contributed by atoms with Crippen molar-refractivity contribution in [2.45, 2.75) is 0 Å². The maximum atomic E-state index is 10.8. The van der Waals surface area contributed by atoms with Gasteiger partial charge in [-0.15, -0.1) is 0 Å². The molecule has 19 heteroatoms. The van der Waals surface area contributed by atoms with E-state index in [-0.39, 0.29) is 60.9 Å². The summed E-state index contributed by atoms with van der Waals surface area (Å²) in [5.74, 6) is -5.87. The molecule has 4 rings (SSSR count). The smallest absolute Gasteiger partial charge is 0.543 e. The summed E-state index contributed by atoms with van der Waals surface area (Å²) < 4.78 is 0. The van der Waals surface area contributed by atoms with E-state index in [1.807, 2.05) is 0 Å². The van der Waals surface area contributed by atoms with Crippen LogP contribution in [0.1, 0.15) is 42.0 Å². The Morgan fingerprint density at radius 2 is 1.03 bits per heavy atom. The molecule has 0 saturated heterocycles. The number of carboxylic acids is 4. The molecule has 39 heavy (non-hydrogen) atoms. The van der Waals surface area contributed by atoms with Crippen molar-refractivity contribution in [3.63, 3.8) is 0 Å². The van der Waals surface area contributed by atoms with Gasteiger partial charge < -0.3 is 61.9 Å². The van der Waals surface area contributed by atoms with Crippen molar-refractivity contribution in [1.82, 2.24) is 29.9 Å². The van der Waals surface area contributed by atoms with E-state index in [9.17, 15) is 29.4 Å². The van der Waals surface area contributed by atoms with Crippen molar-refractivity contribution in [2.75, 3.05) is 0 Å². The average molecular weight is 745 g/mol. The quantitative estimate of drug-likeness (QED) is 0.107. The summed E-state index contributed by atoms with van der Waals surface area (Å²) in [5, 5.41) is 39.0. The second kappa shape index (κ2) is 17.0. The fraction of sp³-hybridized carbons (Fsp3) is 0. The third kappa shape index (κ3) is 9.31. The van der Waals surface area contributed by atoms with Gasteiger partial charge in [-0.25, -0.2) is 19.6 Å². The van der Waals surface area contributed by atoms with Gasteiger partial charge in [-0.1, -0.05) is 0 Å². The summed E-state index contributed by atoms with van der Waals surface area (Å²) in [4.78, 5) is 62.8. The van der Waals surface area contributed by atoms with Crippen molar-refractivity contribution < 1.29 is 61.5 Å². The molecule has 4 heterocycles. The normalized spacial score (nSPS) is 8.82. The van der Waals surface area contributed by atoms with Crippen LogP contribution in [-0.2, 0) is 5.48 Å². The Morgan fingerprint density at radius 3 is 1.23 bits per heavy atom. The summed E-state index contributed by atoms with van der Waals surface area (Å²) in [5.41, 5.74) is -1.30. The largest absolute Gasteiger partial charge is 2.00 e. The van der Waals surface area contributed by atoms with E-state index in [1.54, 1.807) is 24.3 Å². The van der Waals surface area contributed by atoms with Gasteiger partial charge in [0.1, 0.15) is 11.6 Å². The third-order valence-electron chi connectivity index (χ3n) is 4.09. The Hall–Kier alpha value is -4.64. The van der Waals surface area contributed by atoms with Gasteiger partial charge >= 0.3 is 39.2 Å². The van der Waals surface area contributed by atoms with Crippen LogP contribution in [0.2, 0.25) is 0 Å². The molecule has 206 valence electrons. The molecular formula is C20H21N6O12Pb+. The zero-order chi connectivity index (χ0) is 24.8. The van der Waals surface area contributed by atoms with Gasteiger partial charge in [0.2, 0.25) is 0 Å². The van der Waals surface area contributed by atoms with Crippen LogP contribution in [0, 0.1) is 0 Å². The van der Waals surface area contributed by atoms with Gasteiger partial charge in [0.25, 0.3) is 0 Å². The van der Waals surface area contributed by atoms with Gasteiger partial charge in [-0.3, -0.25) is 9.97 Å². The molecule has 0 fully saturated rings. The summed E-state index contributed by atoms with van der Waals surface area (Å²) in [6, 6.07) is 6.49. The number of aromatic nitrogens is 6. The number of nitrogens with one attached hydrogen (secondary N) is 2. The van der Waals surface area contributed by atoms with Crippen LogP contribution in [0.15, 0.2) is 49.1 Å². The molecule has 0 saturated carbocycles. The molecule has 2 radical (unpaired) electrons. The first kappa shape index (κ1) is 38.9. The minimum absolute atomic E-state index is 0. The number of nitrogens with zero attached hydrogens (tertiary/aromatic N) is 4. The van der Waals surface area contributed by atoms with Crippen LogP contribution in [0.3, 0.4) is 0 Å². The number of carbonyl (C=O) groups excluding carboxylic acids is 2. The molecule has 18 nitrogen and oxygen atoms in total. The van der Waals surface area contributed by atoms with Gasteiger partial charge in [0.05, 0.1) is 23.3 Å². The Morgan fingerprint density at radius 1 is 0.692 bits per heavy atom. The molecule has 0 aromatic carbocycles. The number of imidazole rings is 2. The van der Waals surface area contributed by atoms with E-state index in [0.717, 1.165) is 0 Å². The number of carboxylic acid groups (broad SMARTS) is 4. The van der Waals surface area contributed by atoms with E-state index in [1.165, 1.54) is 24.8 Å². The fourth-order valence-corrected chi connectivity index (χ4v) is 2.63. The van der Waals surface area contributed by atoms with Crippen LogP contribution < -0.4 is 10.2 Å². The number of H-pyrrole nitrogens is 2. The monoisotopic (exact) mass is 745 g/mol. The zero-order valence-electron chi connectivity index (χ0n) is 19.3. The van der Waals surface area contributed by atoms with Crippen LogP contribution in [-0.4, -0.2) is 108 Å². The standard InChI is InChI=1S/2C10H7N3O4.4H2O.Pb/c2*14-9(15)6-7(10(16)17)13-8(12-6)5-2-1-3-11-4-5;;;;;/h2*1-4H,(H,12,13)(H,14,15)(H,16,17);4*1H2;/q;;;;;;+2/p-1. The van der Waals surface area contributed by atoms with E-state index in [2.05, 4.69) is 29.9 Å². The summed E-state index contributed by atoms with van der Waals surface area (Å²) in [7, 11) is 0. The Labute approximate surface area is 236 Å². The van der Waals surface area contributed by atoms with E-state index >= 15 is 0 Å². The molecule has 13 N–H and O–H groups in total.